The van der Waals surface area contributed by atoms with Gasteiger partial charge in [0.2, 0.25) is 11.8 Å². The lowest BCUT2D eigenvalue weighted by Gasteiger charge is -2.24. The Balaban J connectivity index is 2.30. The highest BCUT2D eigenvalue weighted by Crippen LogP contribution is 2.13. The Bertz CT molecular complexity index is 252. The summed E-state index contributed by atoms with van der Waals surface area (Å²) in [5, 5.41) is 8.31. The van der Waals surface area contributed by atoms with Gasteiger partial charge in [0.25, 0.3) is 0 Å². The standard InChI is InChI=1S/C10H14N2O2/c11-7-2-1-3-8-12-9(13)5-4-6-10(12)14/h1-6,8H2. The van der Waals surface area contributed by atoms with Gasteiger partial charge in [0, 0.05) is 25.8 Å². The molecule has 0 bridgehead atoms. The van der Waals surface area contributed by atoms with E-state index in [2.05, 4.69) is 0 Å². The van der Waals surface area contributed by atoms with Crippen LogP contribution < -0.4 is 0 Å². The van der Waals surface area contributed by atoms with Crippen LogP contribution in [-0.2, 0) is 9.59 Å². The molecule has 1 aliphatic heterocycles. The predicted molar refractivity (Wildman–Crippen MR) is 50.0 cm³/mol. The van der Waals surface area contributed by atoms with Crippen molar-refractivity contribution in [3.05, 3.63) is 0 Å². The molecule has 1 saturated heterocycles. The molecule has 0 spiro atoms. The molecule has 1 rings (SSSR count). The Morgan fingerprint density at radius 1 is 1.21 bits per heavy atom. The topological polar surface area (TPSA) is 61.2 Å². The summed E-state index contributed by atoms with van der Waals surface area (Å²) in [6, 6.07) is 2.04. The van der Waals surface area contributed by atoms with Crippen LogP contribution in [0.25, 0.3) is 0 Å². The number of nitriles is 1. The third-order valence-corrected chi connectivity index (χ3v) is 2.30. The summed E-state index contributed by atoms with van der Waals surface area (Å²) in [6.07, 6.45) is 3.66. The predicted octanol–water partition coefficient (Wildman–Crippen LogP) is 1.22. The van der Waals surface area contributed by atoms with Crippen LogP contribution >= 0.6 is 0 Å². The third kappa shape index (κ3) is 2.84. The van der Waals surface area contributed by atoms with Crippen molar-refractivity contribution in [1.82, 2.24) is 4.90 Å². The molecule has 14 heavy (non-hydrogen) atoms. The van der Waals surface area contributed by atoms with Crippen molar-refractivity contribution in [2.45, 2.75) is 38.5 Å². The van der Waals surface area contributed by atoms with Gasteiger partial charge in [-0.25, -0.2) is 0 Å². The molecule has 4 heteroatoms. The molecule has 0 aromatic heterocycles. The van der Waals surface area contributed by atoms with Crippen LogP contribution in [0.2, 0.25) is 0 Å². The number of rotatable bonds is 4. The Kier molecular flexibility index (Phi) is 4.11. The number of carbonyl (C=O) groups is 2. The number of nitrogens with zero attached hydrogens (tertiary/aromatic N) is 2. The first kappa shape index (κ1) is 10.7. The largest absolute Gasteiger partial charge is 0.283 e. The molecule has 0 unspecified atom stereocenters. The SMILES string of the molecule is N#CCCCCN1C(=O)CCCC1=O. The fraction of sp³-hybridized carbons (Fsp3) is 0.700. The first-order valence-corrected chi connectivity index (χ1v) is 4.96. The average Bonchev–Trinajstić information content (AvgIpc) is 2.16. The normalized spacial score (nSPS) is 16.9. The van der Waals surface area contributed by atoms with E-state index in [0.29, 0.717) is 32.2 Å². The van der Waals surface area contributed by atoms with Crippen LogP contribution in [0.15, 0.2) is 0 Å². The zero-order chi connectivity index (χ0) is 10.4. The summed E-state index contributed by atoms with van der Waals surface area (Å²) in [6.45, 7) is 0.485. The lowest BCUT2D eigenvalue weighted by atomic mass is 10.1. The van der Waals surface area contributed by atoms with E-state index in [-0.39, 0.29) is 11.8 Å². The number of unbranched alkanes of at least 4 members (excludes halogenated alkanes) is 2. The molecule has 76 valence electrons. The second-order valence-electron chi connectivity index (χ2n) is 3.41. The second kappa shape index (κ2) is 5.38. The van der Waals surface area contributed by atoms with Crippen molar-refractivity contribution in [3.63, 3.8) is 0 Å². The number of amides is 2. The van der Waals surface area contributed by atoms with Crippen molar-refractivity contribution < 1.29 is 9.59 Å². The maximum absolute atomic E-state index is 11.3. The maximum atomic E-state index is 11.3. The van der Waals surface area contributed by atoms with Crippen molar-refractivity contribution in [2.75, 3.05) is 6.54 Å². The van der Waals surface area contributed by atoms with Crippen LogP contribution in [0.4, 0.5) is 0 Å². The van der Waals surface area contributed by atoms with Crippen molar-refractivity contribution in [2.24, 2.45) is 0 Å². The fourth-order valence-electron chi connectivity index (χ4n) is 1.52. The zero-order valence-corrected chi connectivity index (χ0v) is 8.16. The van der Waals surface area contributed by atoms with E-state index >= 15 is 0 Å². The second-order valence-corrected chi connectivity index (χ2v) is 3.41. The molecule has 0 saturated carbocycles. The summed E-state index contributed by atoms with van der Waals surface area (Å²) < 4.78 is 0. The van der Waals surface area contributed by atoms with E-state index in [0.717, 1.165) is 12.8 Å². The van der Waals surface area contributed by atoms with Gasteiger partial charge in [-0.1, -0.05) is 0 Å². The van der Waals surface area contributed by atoms with Gasteiger partial charge in [-0.2, -0.15) is 5.26 Å². The third-order valence-electron chi connectivity index (χ3n) is 2.30. The zero-order valence-electron chi connectivity index (χ0n) is 8.16. The molecule has 0 aromatic rings. The minimum absolute atomic E-state index is 0.0572. The first-order chi connectivity index (χ1) is 6.75. The van der Waals surface area contributed by atoms with E-state index in [9.17, 15) is 9.59 Å². The van der Waals surface area contributed by atoms with E-state index in [4.69, 9.17) is 5.26 Å². The molecular formula is C10H14N2O2. The Labute approximate surface area is 83.5 Å². The van der Waals surface area contributed by atoms with Gasteiger partial charge in [-0.15, -0.1) is 0 Å². The van der Waals surface area contributed by atoms with Gasteiger partial charge in [0.1, 0.15) is 0 Å². The van der Waals surface area contributed by atoms with E-state index in [1.807, 2.05) is 6.07 Å². The number of hydrogen-bond acceptors (Lipinski definition) is 3. The summed E-state index contributed by atoms with van der Waals surface area (Å²) >= 11 is 0. The van der Waals surface area contributed by atoms with Gasteiger partial charge in [-0.3, -0.25) is 14.5 Å². The molecule has 0 radical (unpaired) electrons. The first-order valence-electron chi connectivity index (χ1n) is 4.96. The Morgan fingerprint density at radius 3 is 2.43 bits per heavy atom. The minimum atomic E-state index is -0.0572. The molecule has 0 atom stereocenters. The van der Waals surface area contributed by atoms with Crippen LogP contribution in [0, 0.1) is 11.3 Å². The maximum Gasteiger partial charge on any atom is 0.229 e. The molecule has 1 fully saturated rings. The van der Waals surface area contributed by atoms with E-state index in [1.54, 1.807) is 0 Å². The van der Waals surface area contributed by atoms with Gasteiger partial charge in [-0.05, 0) is 19.3 Å². The molecule has 1 aliphatic rings. The highest BCUT2D eigenvalue weighted by atomic mass is 16.2. The monoisotopic (exact) mass is 194 g/mol. The lowest BCUT2D eigenvalue weighted by molar-refractivity contribution is -0.147. The number of imide groups is 1. The van der Waals surface area contributed by atoms with Crippen molar-refractivity contribution >= 4 is 11.8 Å². The van der Waals surface area contributed by atoms with Crippen LogP contribution in [0.1, 0.15) is 38.5 Å². The van der Waals surface area contributed by atoms with Crippen molar-refractivity contribution in [1.29, 1.82) is 5.26 Å². The molecule has 0 aromatic carbocycles. The summed E-state index contributed by atoms with van der Waals surface area (Å²) in [5.41, 5.74) is 0. The van der Waals surface area contributed by atoms with Crippen LogP contribution in [-0.4, -0.2) is 23.3 Å². The molecule has 2 amide bonds. The molecule has 4 nitrogen and oxygen atoms in total. The number of likely N-dealkylation sites (tertiary alicyclic amines) is 1. The average molecular weight is 194 g/mol. The molecule has 0 aliphatic carbocycles. The number of carbonyl (C=O) groups excluding carboxylic acids is 2. The fourth-order valence-corrected chi connectivity index (χ4v) is 1.52. The van der Waals surface area contributed by atoms with Crippen molar-refractivity contribution in [3.8, 4) is 6.07 Å². The number of piperidine rings is 1. The quantitative estimate of drug-likeness (QED) is 0.499. The lowest BCUT2D eigenvalue weighted by Crippen LogP contribution is -2.40. The van der Waals surface area contributed by atoms with Gasteiger partial charge in [0.15, 0.2) is 0 Å². The van der Waals surface area contributed by atoms with Gasteiger partial charge in [0.05, 0.1) is 6.07 Å². The van der Waals surface area contributed by atoms with Crippen LogP contribution in [0.3, 0.4) is 0 Å². The van der Waals surface area contributed by atoms with Gasteiger partial charge < -0.3 is 0 Å². The van der Waals surface area contributed by atoms with E-state index in [1.165, 1.54) is 4.90 Å². The smallest absolute Gasteiger partial charge is 0.229 e. The summed E-state index contributed by atoms with van der Waals surface area (Å²) in [7, 11) is 0. The highest BCUT2D eigenvalue weighted by Gasteiger charge is 2.24. The molecular weight excluding hydrogens is 180 g/mol. The minimum Gasteiger partial charge on any atom is -0.283 e. The Morgan fingerprint density at radius 2 is 1.86 bits per heavy atom. The molecule has 0 N–H and O–H groups in total. The Hall–Kier alpha value is -1.37. The summed E-state index contributed by atoms with van der Waals surface area (Å²) in [5.74, 6) is -0.114. The van der Waals surface area contributed by atoms with Gasteiger partial charge >= 0.3 is 0 Å². The van der Waals surface area contributed by atoms with E-state index < -0.39 is 0 Å². The van der Waals surface area contributed by atoms with Crippen LogP contribution in [0.5, 0.6) is 0 Å². The highest BCUT2D eigenvalue weighted by molar-refractivity contribution is 5.97. The number of hydrogen-bond donors (Lipinski definition) is 0. The summed E-state index contributed by atoms with van der Waals surface area (Å²) in [4.78, 5) is 24.0. The molecule has 1 heterocycles.